The number of hydrogen-bond donors (Lipinski definition) is 2. The van der Waals surface area contributed by atoms with E-state index in [9.17, 15) is 9.59 Å². The van der Waals surface area contributed by atoms with Gasteiger partial charge in [0.05, 0.1) is 5.92 Å². The van der Waals surface area contributed by atoms with Crippen LogP contribution in [0.3, 0.4) is 0 Å². The molecule has 5 nitrogen and oxygen atoms in total. The molecule has 2 amide bonds. The number of para-hydroxylation sites is 1. The van der Waals surface area contributed by atoms with Crippen LogP contribution in [0.2, 0.25) is 0 Å². The number of likely N-dealkylation sites (tertiary alicyclic amines) is 1. The number of amides is 2. The summed E-state index contributed by atoms with van der Waals surface area (Å²) in [5.74, 6) is 0.222. The summed E-state index contributed by atoms with van der Waals surface area (Å²) in [5.41, 5.74) is 2.95. The number of unbranched alkanes of at least 4 members (excludes halogenated alkanes) is 3. The van der Waals surface area contributed by atoms with Crippen molar-refractivity contribution < 1.29 is 9.59 Å². The van der Waals surface area contributed by atoms with Gasteiger partial charge in [-0.25, -0.2) is 0 Å². The normalized spacial score (nSPS) is 16.5. The molecule has 0 saturated carbocycles. The van der Waals surface area contributed by atoms with Gasteiger partial charge in [0, 0.05) is 37.3 Å². The molecule has 0 aliphatic carbocycles. The number of benzene rings is 2. The van der Waals surface area contributed by atoms with Crippen LogP contribution in [0.4, 0.5) is 5.69 Å². The Labute approximate surface area is 192 Å². The van der Waals surface area contributed by atoms with Crippen molar-refractivity contribution in [3.8, 4) is 11.1 Å². The number of nitrogens with one attached hydrogen (secondary N) is 2. The van der Waals surface area contributed by atoms with E-state index in [1.807, 2.05) is 54.6 Å². The van der Waals surface area contributed by atoms with Crippen LogP contribution < -0.4 is 10.6 Å². The zero-order valence-electron chi connectivity index (χ0n) is 19.3. The fourth-order valence-electron chi connectivity index (χ4n) is 4.31. The van der Waals surface area contributed by atoms with Gasteiger partial charge in [0.1, 0.15) is 0 Å². The Morgan fingerprint density at radius 3 is 2.59 bits per heavy atom. The van der Waals surface area contributed by atoms with E-state index in [2.05, 4.69) is 22.5 Å². The van der Waals surface area contributed by atoms with Crippen LogP contribution in [0.25, 0.3) is 11.1 Å². The molecular weight excluding hydrogens is 398 g/mol. The fourth-order valence-corrected chi connectivity index (χ4v) is 4.31. The monoisotopic (exact) mass is 435 g/mol. The summed E-state index contributed by atoms with van der Waals surface area (Å²) in [6.07, 6.45) is 7.04. The Hall–Kier alpha value is -2.66. The van der Waals surface area contributed by atoms with Crippen LogP contribution in [0.1, 0.15) is 51.9 Å². The van der Waals surface area contributed by atoms with Crippen molar-refractivity contribution in [3.63, 3.8) is 0 Å². The highest BCUT2D eigenvalue weighted by Gasteiger charge is 2.25. The summed E-state index contributed by atoms with van der Waals surface area (Å²) in [6.45, 7) is 5.35. The van der Waals surface area contributed by atoms with Crippen molar-refractivity contribution in [2.24, 2.45) is 5.92 Å². The minimum Gasteiger partial charge on any atom is -0.356 e. The SMILES string of the molecule is CCCCCCNC(=O)C1CCCN(CCC(=O)Nc2ccccc2-c2ccccc2)C1. The number of carbonyl (C=O) groups excluding carboxylic acids is 2. The van der Waals surface area contributed by atoms with E-state index < -0.39 is 0 Å². The van der Waals surface area contributed by atoms with E-state index in [4.69, 9.17) is 0 Å². The smallest absolute Gasteiger partial charge is 0.225 e. The summed E-state index contributed by atoms with van der Waals surface area (Å²) in [7, 11) is 0. The molecule has 0 bridgehead atoms. The summed E-state index contributed by atoms with van der Waals surface area (Å²) in [6, 6.07) is 18.0. The summed E-state index contributed by atoms with van der Waals surface area (Å²) in [4.78, 5) is 27.4. The lowest BCUT2D eigenvalue weighted by Crippen LogP contribution is -2.44. The molecule has 0 aromatic heterocycles. The molecule has 0 radical (unpaired) electrons. The third-order valence-electron chi connectivity index (χ3n) is 6.15. The highest BCUT2D eigenvalue weighted by molar-refractivity contribution is 5.95. The minimum absolute atomic E-state index is 0.0101. The molecule has 2 aromatic carbocycles. The van der Waals surface area contributed by atoms with E-state index in [1.165, 1.54) is 19.3 Å². The van der Waals surface area contributed by atoms with E-state index in [0.717, 1.165) is 55.7 Å². The second-order valence-electron chi connectivity index (χ2n) is 8.70. The molecule has 2 aromatic rings. The molecule has 172 valence electrons. The molecule has 2 N–H and O–H groups in total. The average Bonchev–Trinajstić information content (AvgIpc) is 2.83. The third-order valence-corrected chi connectivity index (χ3v) is 6.15. The Bertz CT molecular complexity index is 853. The molecule has 1 heterocycles. The first-order valence-electron chi connectivity index (χ1n) is 12.1. The predicted octanol–water partition coefficient (Wildman–Crippen LogP) is 5.09. The summed E-state index contributed by atoms with van der Waals surface area (Å²) in [5, 5.41) is 6.19. The van der Waals surface area contributed by atoms with Gasteiger partial charge in [-0.1, -0.05) is 74.7 Å². The molecule has 1 aliphatic heterocycles. The zero-order valence-corrected chi connectivity index (χ0v) is 19.3. The average molecular weight is 436 g/mol. The van der Waals surface area contributed by atoms with Gasteiger partial charge in [-0.2, -0.15) is 0 Å². The van der Waals surface area contributed by atoms with Crippen molar-refractivity contribution in [2.75, 3.05) is 31.5 Å². The van der Waals surface area contributed by atoms with Crippen molar-refractivity contribution in [1.29, 1.82) is 0 Å². The number of rotatable bonds is 11. The molecular formula is C27H37N3O2. The van der Waals surface area contributed by atoms with Gasteiger partial charge in [-0.3, -0.25) is 9.59 Å². The van der Waals surface area contributed by atoms with Crippen molar-refractivity contribution >= 4 is 17.5 Å². The molecule has 1 aliphatic rings. The highest BCUT2D eigenvalue weighted by atomic mass is 16.2. The lowest BCUT2D eigenvalue weighted by molar-refractivity contribution is -0.126. The summed E-state index contributed by atoms with van der Waals surface area (Å²) < 4.78 is 0. The minimum atomic E-state index is 0.0101. The number of anilines is 1. The van der Waals surface area contributed by atoms with E-state index in [0.29, 0.717) is 13.0 Å². The van der Waals surface area contributed by atoms with Gasteiger partial charge in [0.25, 0.3) is 0 Å². The van der Waals surface area contributed by atoms with Gasteiger partial charge < -0.3 is 15.5 Å². The molecule has 0 spiro atoms. The lowest BCUT2D eigenvalue weighted by Gasteiger charge is -2.31. The Kier molecular flexibility index (Phi) is 9.76. The Balaban J connectivity index is 1.45. The molecule has 1 saturated heterocycles. The maximum Gasteiger partial charge on any atom is 0.225 e. The predicted molar refractivity (Wildman–Crippen MR) is 131 cm³/mol. The van der Waals surface area contributed by atoms with E-state index >= 15 is 0 Å². The first-order valence-corrected chi connectivity index (χ1v) is 12.1. The maximum atomic E-state index is 12.7. The van der Waals surface area contributed by atoms with Crippen LogP contribution in [-0.2, 0) is 9.59 Å². The fraction of sp³-hybridized carbons (Fsp3) is 0.481. The lowest BCUT2D eigenvalue weighted by atomic mass is 9.97. The molecule has 32 heavy (non-hydrogen) atoms. The molecule has 1 unspecified atom stereocenters. The van der Waals surface area contributed by atoms with Crippen molar-refractivity contribution in [1.82, 2.24) is 10.2 Å². The second-order valence-corrected chi connectivity index (χ2v) is 8.70. The van der Waals surface area contributed by atoms with Crippen LogP contribution >= 0.6 is 0 Å². The van der Waals surface area contributed by atoms with Crippen LogP contribution in [0.5, 0.6) is 0 Å². The summed E-state index contributed by atoms with van der Waals surface area (Å²) >= 11 is 0. The van der Waals surface area contributed by atoms with Gasteiger partial charge >= 0.3 is 0 Å². The quantitative estimate of drug-likeness (QED) is 0.483. The van der Waals surface area contributed by atoms with Crippen molar-refractivity contribution in [2.45, 2.75) is 51.9 Å². The number of hydrogen-bond acceptors (Lipinski definition) is 3. The molecule has 5 heteroatoms. The number of piperidine rings is 1. The third kappa shape index (κ3) is 7.49. The molecule has 1 atom stereocenters. The maximum absolute atomic E-state index is 12.7. The topological polar surface area (TPSA) is 61.4 Å². The van der Waals surface area contributed by atoms with Crippen molar-refractivity contribution in [3.05, 3.63) is 54.6 Å². The zero-order chi connectivity index (χ0) is 22.6. The standard InChI is InChI=1S/C27H37N3O2/c1-2-3-4-10-18-28-27(32)23-14-11-19-30(21-23)20-17-26(31)29-25-16-9-8-15-24(25)22-12-6-5-7-13-22/h5-9,12-13,15-16,23H,2-4,10-11,14,17-21H2,1H3,(H,28,32)(H,29,31). The van der Waals surface area contributed by atoms with Gasteiger partial charge in [0.15, 0.2) is 0 Å². The van der Waals surface area contributed by atoms with Crippen LogP contribution in [-0.4, -0.2) is 42.9 Å². The van der Waals surface area contributed by atoms with Crippen LogP contribution in [0.15, 0.2) is 54.6 Å². The highest BCUT2D eigenvalue weighted by Crippen LogP contribution is 2.27. The van der Waals surface area contributed by atoms with Gasteiger partial charge in [-0.05, 0) is 37.4 Å². The number of carbonyl (C=O) groups is 2. The first kappa shape index (κ1) is 24.0. The van der Waals surface area contributed by atoms with Gasteiger partial charge in [-0.15, -0.1) is 0 Å². The Morgan fingerprint density at radius 1 is 1.00 bits per heavy atom. The first-order chi connectivity index (χ1) is 15.7. The molecule has 1 fully saturated rings. The molecule has 3 rings (SSSR count). The number of nitrogens with zero attached hydrogens (tertiary/aromatic N) is 1. The van der Waals surface area contributed by atoms with E-state index in [1.54, 1.807) is 0 Å². The largest absolute Gasteiger partial charge is 0.356 e. The second kappa shape index (κ2) is 13.0. The van der Waals surface area contributed by atoms with E-state index in [-0.39, 0.29) is 17.7 Å². The van der Waals surface area contributed by atoms with Crippen LogP contribution in [0, 0.1) is 5.92 Å². The van der Waals surface area contributed by atoms with Gasteiger partial charge in [0.2, 0.25) is 11.8 Å². The Morgan fingerprint density at radius 2 is 1.78 bits per heavy atom.